The van der Waals surface area contributed by atoms with Gasteiger partial charge in [0.05, 0.1) is 6.04 Å². The van der Waals surface area contributed by atoms with Crippen LogP contribution in [0.4, 0.5) is 5.69 Å². The summed E-state index contributed by atoms with van der Waals surface area (Å²) in [6.07, 6.45) is 3.32. The molecule has 0 spiro atoms. The summed E-state index contributed by atoms with van der Waals surface area (Å²) in [4.78, 5) is 24.0. The van der Waals surface area contributed by atoms with Crippen molar-refractivity contribution in [3.8, 4) is 0 Å². The highest BCUT2D eigenvalue weighted by Crippen LogP contribution is 2.17. The standard InChI is InChI=1S/C17H18N2O2S/c1-12(14-5-3-6-15(11-14)19-13(2)20)18-17(21)9-8-16-7-4-10-22-16/h3-12H,1-2H3,(H,18,21)(H,19,20). The van der Waals surface area contributed by atoms with E-state index in [0.29, 0.717) is 0 Å². The molecule has 0 bridgehead atoms. The maximum absolute atomic E-state index is 11.9. The molecule has 2 amide bonds. The van der Waals surface area contributed by atoms with E-state index in [1.54, 1.807) is 17.4 Å². The molecule has 1 atom stereocenters. The molecule has 1 heterocycles. The van der Waals surface area contributed by atoms with Gasteiger partial charge in [-0.3, -0.25) is 9.59 Å². The van der Waals surface area contributed by atoms with Gasteiger partial charge >= 0.3 is 0 Å². The molecule has 0 radical (unpaired) electrons. The molecule has 5 heteroatoms. The molecular formula is C17H18N2O2S. The van der Waals surface area contributed by atoms with E-state index in [9.17, 15) is 9.59 Å². The highest BCUT2D eigenvalue weighted by atomic mass is 32.1. The first kappa shape index (κ1) is 16.0. The van der Waals surface area contributed by atoms with Gasteiger partial charge in [-0.05, 0) is 42.1 Å². The fourth-order valence-electron chi connectivity index (χ4n) is 1.98. The van der Waals surface area contributed by atoms with E-state index in [-0.39, 0.29) is 17.9 Å². The van der Waals surface area contributed by atoms with Crippen LogP contribution in [0.3, 0.4) is 0 Å². The minimum Gasteiger partial charge on any atom is -0.346 e. The average Bonchev–Trinajstić information content (AvgIpc) is 2.98. The van der Waals surface area contributed by atoms with E-state index in [1.165, 1.54) is 13.0 Å². The van der Waals surface area contributed by atoms with Crippen LogP contribution in [0, 0.1) is 0 Å². The summed E-state index contributed by atoms with van der Waals surface area (Å²) >= 11 is 1.58. The zero-order valence-corrected chi connectivity index (χ0v) is 13.3. The van der Waals surface area contributed by atoms with Gasteiger partial charge in [0.15, 0.2) is 0 Å². The second kappa shape index (κ2) is 7.56. The second-order valence-corrected chi connectivity index (χ2v) is 5.86. The van der Waals surface area contributed by atoms with E-state index >= 15 is 0 Å². The number of nitrogens with one attached hydrogen (secondary N) is 2. The van der Waals surface area contributed by atoms with Gasteiger partial charge in [-0.1, -0.05) is 18.2 Å². The molecule has 4 nitrogen and oxygen atoms in total. The third-order valence-corrected chi connectivity index (χ3v) is 3.85. The number of amides is 2. The molecule has 114 valence electrons. The summed E-state index contributed by atoms with van der Waals surface area (Å²) in [6, 6.07) is 11.2. The van der Waals surface area contributed by atoms with Crippen molar-refractivity contribution in [3.05, 3.63) is 58.3 Å². The smallest absolute Gasteiger partial charge is 0.244 e. The van der Waals surface area contributed by atoms with Crippen LogP contribution in [0.25, 0.3) is 6.08 Å². The molecule has 2 N–H and O–H groups in total. The number of hydrogen-bond donors (Lipinski definition) is 2. The molecule has 22 heavy (non-hydrogen) atoms. The van der Waals surface area contributed by atoms with Crippen LogP contribution in [0.1, 0.15) is 30.3 Å². The highest BCUT2D eigenvalue weighted by molar-refractivity contribution is 7.10. The Balaban J connectivity index is 1.97. The summed E-state index contributed by atoms with van der Waals surface area (Å²) in [5.74, 6) is -0.265. The van der Waals surface area contributed by atoms with E-state index in [2.05, 4.69) is 10.6 Å². The Labute approximate surface area is 133 Å². The minimum atomic E-state index is -0.147. The first-order valence-electron chi connectivity index (χ1n) is 6.94. The number of benzene rings is 1. The molecule has 0 saturated heterocycles. The number of hydrogen-bond acceptors (Lipinski definition) is 3. The second-order valence-electron chi connectivity index (χ2n) is 4.89. The van der Waals surface area contributed by atoms with Gasteiger partial charge < -0.3 is 10.6 Å². The molecule has 1 aromatic heterocycles. The predicted octanol–water partition coefficient (Wildman–Crippen LogP) is 3.60. The zero-order chi connectivity index (χ0) is 15.9. The monoisotopic (exact) mass is 314 g/mol. The van der Waals surface area contributed by atoms with Crippen LogP contribution in [0.2, 0.25) is 0 Å². The molecule has 1 aromatic carbocycles. The zero-order valence-electron chi connectivity index (χ0n) is 12.5. The summed E-state index contributed by atoms with van der Waals surface area (Å²) < 4.78 is 0. The van der Waals surface area contributed by atoms with E-state index in [4.69, 9.17) is 0 Å². The SMILES string of the molecule is CC(=O)Nc1cccc(C(C)NC(=O)C=Cc2cccs2)c1. The quantitative estimate of drug-likeness (QED) is 0.829. The summed E-state index contributed by atoms with van der Waals surface area (Å²) in [7, 11) is 0. The third kappa shape index (κ3) is 4.86. The molecule has 0 aliphatic heterocycles. The predicted molar refractivity (Wildman–Crippen MR) is 90.7 cm³/mol. The van der Waals surface area contributed by atoms with Crippen LogP contribution in [-0.2, 0) is 9.59 Å². The Kier molecular flexibility index (Phi) is 5.49. The Hall–Kier alpha value is -2.40. The minimum absolute atomic E-state index is 0.118. The molecule has 2 aromatic rings. The highest BCUT2D eigenvalue weighted by Gasteiger charge is 2.08. The lowest BCUT2D eigenvalue weighted by Gasteiger charge is -2.14. The van der Waals surface area contributed by atoms with Crippen LogP contribution in [-0.4, -0.2) is 11.8 Å². The fraction of sp³-hybridized carbons (Fsp3) is 0.176. The molecule has 0 fully saturated rings. The van der Waals surface area contributed by atoms with Crippen molar-refractivity contribution in [1.29, 1.82) is 0 Å². The van der Waals surface area contributed by atoms with Gasteiger partial charge in [-0.2, -0.15) is 0 Å². The Morgan fingerprint density at radius 3 is 2.73 bits per heavy atom. The number of anilines is 1. The summed E-state index contributed by atoms with van der Waals surface area (Å²) in [6.45, 7) is 3.37. The third-order valence-electron chi connectivity index (χ3n) is 3.01. The van der Waals surface area contributed by atoms with Crippen LogP contribution in [0.5, 0.6) is 0 Å². The number of thiophene rings is 1. The average molecular weight is 314 g/mol. The first-order valence-corrected chi connectivity index (χ1v) is 7.82. The Morgan fingerprint density at radius 1 is 1.23 bits per heavy atom. The van der Waals surface area contributed by atoms with E-state index in [1.807, 2.05) is 48.7 Å². The van der Waals surface area contributed by atoms with Crippen LogP contribution < -0.4 is 10.6 Å². The fourth-order valence-corrected chi connectivity index (χ4v) is 2.60. The lowest BCUT2D eigenvalue weighted by atomic mass is 10.1. The van der Waals surface area contributed by atoms with Crippen molar-refractivity contribution in [1.82, 2.24) is 5.32 Å². The van der Waals surface area contributed by atoms with Gasteiger partial charge in [-0.25, -0.2) is 0 Å². The van der Waals surface area contributed by atoms with Crippen molar-refractivity contribution in [2.45, 2.75) is 19.9 Å². The first-order chi connectivity index (χ1) is 10.5. The summed E-state index contributed by atoms with van der Waals surface area (Å²) in [5.41, 5.74) is 1.66. The van der Waals surface area contributed by atoms with Crippen LogP contribution >= 0.6 is 11.3 Å². The number of carbonyl (C=O) groups excluding carboxylic acids is 2. The normalized spacial score (nSPS) is 12.1. The molecular weight excluding hydrogens is 296 g/mol. The van der Waals surface area contributed by atoms with Gasteiger partial charge in [0.25, 0.3) is 0 Å². The lowest BCUT2D eigenvalue weighted by molar-refractivity contribution is -0.117. The van der Waals surface area contributed by atoms with Crippen molar-refractivity contribution >= 4 is 34.9 Å². The lowest BCUT2D eigenvalue weighted by Crippen LogP contribution is -2.24. The van der Waals surface area contributed by atoms with Crippen LogP contribution in [0.15, 0.2) is 47.9 Å². The van der Waals surface area contributed by atoms with Gasteiger partial charge in [0, 0.05) is 23.6 Å². The van der Waals surface area contributed by atoms with Crippen molar-refractivity contribution in [2.24, 2.45) is 0 Å². The van der Waals surface area contributed by atoms with Crippen molar-refractivity contribution in [2.75, 3.05) is 5.32 Å². The molecule has 0 aliphatic rings. The molecule has 1 unspecified atom stereocenters. The Bertz CT molecular complexity index is 678. The number of carbonyl (C=O) groups is 2. The maximum atomic E-state index is 11.9. The van der Waals surface area contributed by atoms with Crippen molar-refractivity contribution in [3.63, 3.8) is 0 Å². The van der Waals surface area contributed by atoms with Gasteiger partial charge in [0.2, 0.25) is 11.8 Å². The molecule has 2 rings (SSSR count). The topological polar surface area (TPSA) is 58.2 Å². The van der Waals surface area contributed by atoms with Gasteiger partial charge in [-0.15, -0.1) is 11.3 Å². The van der Waals surface area contributed by atoms with Gasteiger partial charge in [0.1, 0.15) is 0 Å². The largest absolute Gasteiger partial charge is 0.346 e. The molecule has 0 saturated carbocycles. The Morgan fingerprint density at radius 2 is 2.05 bits per heavy atom. The molecule has 0 aliphatic carbocycles. The number of rotatable bonds is 5. The van der Waals surface area contributed by atoms with E-state index < -0.39 is 0 Å². The van der Waals surface area contributed by atoms with Crippen molar-refractivity contribution < 1.29 is 9.59 Å². The maximum Gasteiger partial charge on any atom is 0.244 e. The van der Waals surface area contributed by atoms with E-state index in [0.717, 1.165) is 16.1 Å². The summed E-state index contributed by atoms with van der Waals surface area (Å²) in [5, 5.41) is 7.60.